The van der Waals surface area contributed by atoms with Gasteiger partial charge in [-0.05, 0) is 56.0 Å². The molecule has 3 unspecified atom stereocenters. The molecule has 0 aromatic heterocycles. The summed E-state index contributed by atoms with van der Waals surface area (Å²) in [5.41, 5.74) is 5.71. The van der Waals surface area contributed by atoms with Crippen molar-refractivity contribution in [3.8, 4) is 0 Å². The lowest BCUT2D eigenvalue weighted by Crippen LogP contribution is -2.49. The van der Waals surface area contributed by atoms with Crippen LogP contribution in [0.3, 0.4) is 0 Å². The maximum atomic E-state index is 13.3. The second-order valence-electron chi connectivity index (χ2n) is 8.67. The Morgan fingerprint density at radius 1 is 1.03 bits per heavy atom. The fourth-order valence-corrected chi connectivity index (χ4v) is 4.45. The summed E-state index contributed by atoms with van der Waals surface area (Å²) in [6.45, 7) is 10.3. The summed E-state index contributed by atoms with van der Waals surface area (Å²) in [7, 11) is 0. The molecule has 5 heteroatoms. The molecule has 0 spiro atoms. The van der Waals surface area contributed by atoms with Crippen LogP contribution in [0, 0.1) is 13.8 Å². The zero-order chi connectivity index (χ0) is 21.3. The van der Waals surface area contributed by atoms with Crippen LogP contribution in [-0.2, 0) is 9.53 Å². The number of hydrazone groups is 1. The topological polar surface area (TPSA) is 45.1 Å². The lowest BCUT2D eigenvalue weighted by Gasteiger charge is -2.35. The molecule has 0 saturated carbocycles. The van der Waals surface area contributed by atoms with E-state index in [1.807, 2.05) is 18.2 Å². The Morgan fingerprint density at radius 2 is 1.73 bits per heavy atom. The van der Waals surface area contributed by atoms with Crippen molar-refractivity contribution in [2.75, 3.05) is 19.6 Å². The molecule has 2 heterocycles. The maximum absolute atomic E-state index is 13.3. The van der Waals surface area contributed by atoms with Crippen LogP contribution < -0.4 is 0 Å². The third-order valence-corrected chi connectivity index (χ3v) is 6.04. The first-order valence-corrected chi connectivity index (χ1v) is 10.8. The summed E-state index contributed by atoms with van der Waals surface area (Å²) in [4.78, 5) is 15.5. The number of hydrogen-bond acceptors (Lipinski definition) is 4. The van der Waals surface area contributed by atoms with Crippen LogP contribution in [0.15, 0.2) is 53.6 Å². The molecule has 4 rings (SSSR count). The number of carbonyl (C=O) groups excluding carboxylic acids is 1. The molecule has 2 aliphatic rings. The van der Waals surface area contributed by atoms with E-state index < -0.39 is 0 Å². The SMILES string of the molecule is Cc1ccc(C2=NN(C(=O)CN3CC(C)OC(C)C3)C(c3ccccc3)C2)cc1C. The van der Waals surface area contributed by atoms with Crippen molar-refractivity contribution in [1.29, 1.82) is 0 Å². The van der Waals surface area contributed by atoms with Gasteiger partial charge in [-0.15, -0.1) is 0 Å². The molecule has 2 aromatic rings. The van der Waals surface area contributed by atoms with Gasteiger partial charge in [-0.3, -0.25) is 9.69 Å². The first-order chi connectivity index (χ1) is 14.4. The Hall–Kier alpha value is -2.50. The van der Waals surface area contributed by atoms with Gasteiger partial charge in [-0.25, -0.2) is 5.01 Å². The molecule has 2 aromatic carbocycles. The van der Waals surface area contributed by atoms with E-state index in [2.05, 4.69) is 62.9 Å². The molecule has 1 amide bonds. The summed E-state index contributed by atoms with van der Waals surface area (Å²) in [6, 6.07) is 16.6. The van der Waals surface area contributed by atoms with Gasteiger partial charge in [0, 0.05) is 19.5 Å². The predicted molar refractivity (Wildman–Crippen MR) is 120 cm³/mol. The van der Waals surface area contributed by atoms with Gasteiger partial charge in [0.25, 0.3) is 5.91 Å². The number of morpholine rings is 1. The van der Waals surface area contributed by atoms with Crippen molar-refractivity contribution in [1.82, 2.24) is 9.91 Å². The average Bonchev–Trinajstić information content (AvgIpc) is 3.15. The highest BCUT2D eigenvalue weighted by atomic mass is 16.5. The lowest BCUT2D eigenvalue weighted by molar-refractivity contribution is -0.137. The number of aryl methyl sites for hydroxylation is 2. The summed E-state index contributed by atoms with van der Waals surface area (Å²) in [5.74, 6) is 0.0454. The number of hydrogen-bond donors (Lipinski definition) is 0. The molecule has 0 radical (unpaired) electrons. The van der Waals surface area contributed by atoms with Gasteiger partial charge in [-0.1, -0.05) is 42.5 Å². The van der Waals surface area contributed by atoms with Crippen LogP contribution in [0.4, 0.5) is 0 Å². The molecule has 1 fully saturated rings. The zero-order valence-electron chi connectivity index (χ0n) is 18.3. The van der Waals surface area contributed by atoms with Gasteiger partial charge in [0.05, 0.1) is 30.5 Å². The molecule has 2 aliphatic heterocycles. The van der Waals surface area contributed by atoms with Crippen LogP contribution in [0.25, 0.3) is 0 Å². The Balaban J connectivity index is 1.59. The van der Waals surface area contributed by atoms with Gasteiger partial charge in [0.1, 0.15) is 0 Å². The van der Waals surface area contributed by atoms with Gasteiger partial charge < -0.3 is 4.74 Å². The standard InChI is InChI=1S/C25H31N3O2/c1-17-10-11-22(12-18(17)2)23-13-24(21-8-6-5-7-9-21)28(26-23)25(29)16-27-14-19(3)30-20(4)15-27/h5-12,19-20,24H,13-16H2,1-4H3. The molecular formula is C25H31N3O2. The van der Waals surface area contributed by atoms with Gasteiger partial charge in [0.2, 0.25) is 0 Å². The van der Waals surface area contributed by atoms with Crippen molar-refractivity contribution >= 4 is 11.6 Å². The molecule has 0 bridgehead atoms. The fraction of sp³-hybridized carbons (Fsp3) is 0.440. The molecule has 5 nitrogen and oxygen atoms in total. The minimum absolute atomic E-state index is 0.0454. The Labute approximate surface area is 179 Å². The second kappa shape index (κ2) is 8.70. The van der Waals surface area contributed by atoms with E-state index in [4.69, 9.17) is 9.84 Å². The molecule has 0 N–H and O–H groups in total. The lowest BCUT2D eigenvalue weighted by atomic mass is 9.96. The van der Waals surface area contributed by atoms with E-state index in [0.29, 0.717) is 6.54 Å². The highest BCUT2D eigenvalue weighted by molar-refractivity contribution is 6.03. The third kappa shape index (κ3) is 4.47. The summed E-state index contributed by atoms with van der Waals surface area (Å²) in [6.07, 6.45) is 1.01. The van der Waals surface area contributed by atoms with E-state index in [-0.39, 0.29) is 24.2 Å². The van der Waals surface area contributed by atoms with Gasteiger partial charge in [-0.2, -0.15) is 5.10 Å². The fourth-order valence-electron chi connectivity index (χ4n) is 4.45. The normalized spacial score (nSPS) is 24.7. The molecule has 3 atom stereocenters. The van der Waals surface area contributed by atoms with Crippen molar-refractivity contribution in [2.45, 2.75) is 52.4 Å². The van der Waals surface area contributed by atoms with E-state index in [0.717, 1.165) is 36.3 Å². The van der Waals surface area contributed by atoms with E-state index in [1.54, 1.807) is 5.01 Å². The van der Waals surface area contributed by atoms with Crippen LogP contribution in [0.1, 0.15) is 48.6 Å². The number of carbonyl (C=O) groups is 1. The van der Waals surface area contributed by atoms with E-state index in [1.165, 1.54) is 11.1 Å². The number of benzene rings is 2. The number of rotatable bonds is 4. The second-order valence-corrected chi connectivity index (χ2v) is 8.67. The molecule has 158 valence electrons. The Kier molecular flexibility index (Phi) is 6.02. The van der Waals surface area contributed by atoms with Gasteiger partial charge in [0.15, 0.2) is 0 Å². The molecule has 30 heavy (non-hydrogen) atoms. The third-order valence-electron chi connectivity index (χ3n) is 6.04. The van der Waals surface area contributed by atoms with E-state index in [9.17, 15) is 4.79 Å². The smallest absolute Gasteiger partial charge is 0.257 e. The van der Waals surface area contributed by atoms with Crippen LogP contribution >= 0.6 is 0 Å². The average molecular weight is 406 g/mol. The summed E-state index contributed by atoms with van der Waals surface area (Å²) >= 11 is 0. The highest BCUT2D eigenvalue weighted by Crippen LogP contribution is 2.33. The first kappa shape index (κ1) is 20.8. The van der Waals surface area contributed by atoms with Gasteiger partial charge >= 0.3 is 0 Å². The predicted octanol–water partition coefficient (Wildman–Crippen LogP) is 4.09. The molecular weight excluding hydrogens is 374 g/mol. The van der Waals surface area contributed by atoms with Crippen molar-refractivity contribution in [3.05, 3.63) is 70.8 Å². The number of ether oxygens (including phenoxy) is 1. The number of amides is 1. The van der Waals surface area contributed by atoms with Crippen molar-refractivity contribution in [2.24, 2.45) is 5.10 Å². The van der Waals surface area contributed by atoms with Crippen LogP contribution in [-0.4, -0.2) is 53.4 Å². The first-order valence-electron chi connectivity index (χ1n) is 10.8. The van der Waals surface area contributed by atoms with Crippen LogP contribution in [0.5, 0.6) is 0 Å². The number of nitrogens with zero attached hydrogens (tertiary/aromatic N) is 3. The summed E-state index contributed by atoms with van der Waals surface area (Å²) in [5, 5.41) is 6.55. The summed E-state index contributed by atoms with van der Waals surface area (Å²) < 4.78 is 5.82. The largest absolute Gasteiger partial charge is 0.373 e. The Bertz CT molecular complexity index is 931. The highest BCUT2D eigenvalue weighted by Gasteiger charge is 2.34. The zero-order valence-corrected chi connectivity index (χ0v) is 18.3. The molecule has 0 aliphatic carbocycles. The van der Waals surface area contributed by atoms with Crippen molar-refractivity contribution < 1.29 is 9.53 Å². The Morgan fingerprint density at radius 3 is 2.40 bits per heavy atom. The maximum Gasteiger partial charge on any atom is 0.257 e. The monoisotopic (exact) mass is 405 g/mol. The minimum atomic E-state index is -0.0637. The minimum Gasteiger partial charge on any atom is -0.373 e. The molecule has 1 saturated heterocycles. The van der Waals surface area contributed by atoms with Crippen molar-refractivity contribution in [3.63, 3.8) is 0 Å². The van der Waals surface area contributed by atoms with Crippen LogP contribution in [0.2, 0.25) is 0 Å². The van der Waals surface area contributed by atoms with E-state index >= 15 is 0 Å². The quantitative estimate of drug-likeness (QED) is 0.770.